The largest absolute Gasteiger partial charge is 0.378 e. The lowest BCUT2D eigenvalue weighted by Crippen LogP contribution is -2.27. The van der Waals surface area contributed by atoms with Crippen molar-refractivity contribution in [3.8, 4) is 0 Å². The first-order chi connectivity index (χ1) is 13.6. The highest BCUT2D eigenvalue weighted by atomic mass is 16.5. The summed E-state index contributed by atoms with van der Waals surface area (Å²) in [5.74, 6) is 0.0347. The van der Waals surface area contributed by atoms with Gasteiger partial charge in [0, 0.05) is 24.4 Å². The number of hydrogen-bond acceptors (Lipinski definition) is 3. The van der Waals surface area contributed by atoms with E-state index in [1.807, 2.05) is 61.5 Å². The van der Waals surface area contributed by atoms with Gasteiger partial charge >= 0.3 is 6.03 Å². The van der Waals surface area contributed by atoms with Crippen LogP contribution in [-0.4, -0.2) is 24.6 Å². The van der Waals surface area contributed by atoms with Crippen LogP contribution in [0.25, 0.3) is 0 Å². The lowest BCUT2D eigenvalue weighted by Gasteiger charge is -2.16. The smallest absolute Gasteiger partial charge is 0.323 e. The number of rotatable bonds is 7. The van der Waals surface area contributed by atoms with E-state index in [0.29, 0.717) is 12.1 Å². The number of benzene rings is 2. The highest BCUT2D eigenvalue weighted by molar-refractivity contribution is 5.99. The fourth-order valence-corrected chi connectivity index (χ4v) is 3.23. The molecule has 148 valence electrons. The first kappa shape index (κ1) is 19.9. The van der Waals surface area contributed by atoms with Crippen molar-refractivity contribution in [2.24, 2.45) is 0 Å². The standard InChI is InChI=1S/C22H27N3O3/c1-16(23-21(26)14-13-20-8-5-15-28-20)17-9-11-19(12-10-17)25-22(27)24-18-6-3-2-4-7-18/h2-4,6-7,9-12,16,20H,5,8,13-15H2,1H3,(H,23,26)(H2,24,25,27)/t16-,20-/m1/s1. The van der Waals surface area contributed by atoms with Crippen LogP contribution >= 0.6 is 0 Å². The second-order valence-corrected chi connectivity index (χ2v) is 7.03. The minimum atomic E-state index is -0.297. The van der Waals surface area contributed by atoms with Crippen molar-refractivity contribution in [1.82, 2.24) is 5.32 Å². The number of ether oxygens (including phenoxy) is 1. The van der Waals surface area contributed by atoms with E-state index in [0.717, 1.165) is 37.1 Å². The average Bonchev–Trinajstić information content (AvgIpc) is 3.21. The molecule has 28 heavy (non-hydrogen) atoms. The van der Waals surface area contributed by atoms with Gasteiger partial charge in [0.2, 0.25) is 5.91 Å². The molecule has 3 rings (SSSR count). The molecule has 2 aromatic carbocycles. The number of nitrogens with one attached hydrogen (secondary N) is 3. The van der Waals surface area contributed by atoms with Crippen LogP contribution < -0.4 is 16.0 Å². The maximum atomic E-state index is 12.1. The molecule has 0 radical (unpaired) electrons. The van der Waals surface area contributed by atoms with Crippen molar-refractivity contribution in [2.75, 3.05) is 17.2 Å². The third-order valence-electron chi connectivity index (χ3n) is 4.80. The molecule has 1 saturated heterocycles. The van der Waals surface area contributed by atoms with Crippen LogP contribution in [0.15, 0.2) is 54.6 Å². The van der Waals surface area contributed by atoms with Crippen molar-refractivity contribution in [2.45, 2.75) is 44.8 Å². The number of urea groups is 1. The number of hydrogen-bond donors (Lipinski definition) is 3. The second-order valence-electron chi connectivity index (χ2n) is 7.03. The van der Waals surface area contributed by atoms with Crippen LogP contribution in [0.3, 0.4) is 0 Å². The van der Waals surface area contributed by atoms with Gasteiger partial charge in [-0.25, -0.2) is 4.79 Å². The SMILES string of the molecule is C[C@@H](NC(=O)CC[C@H]1CCCO1)c1ccc(NC(=O)Nc2ccccc2)cc1. The Bertz CT molecular complexity index is 771. The zero-order valence-electron chi connectivity index (χ0n) is 16.1. The van der Waals surface area contributed by atoms with E-state index < -0.39 is 0 Å². The Labute approximate surface area is 165 Å². The van der Waals surface area contributed by atoms with Crippen LogP contribution in [-0.2, 0) is 9.53 Å². The summed E-state index contributed by atoms with van der Waals surface area (Å²) in [5.41, 5.74) is 2.41. The Morgan fingerprint density at radius 2 is 1.71 bits per heavy atom. The molecule has 2 atom stereocenters. The molecule has 0 spiro atoms. The number of anilines is 2. The molecule has 1 heterocycles. The molecule has 1 fully saturated rings. The monoisotopic (exact) mass is 381 g/mol. The van der Waals surface area contributed by atoms with E-state index >= 15 is 0 Å². The zero-order chi connectivity index (χ0) is 19.8. The lowest BCUT2D eigenvalue weighted by molar-refractivity contribution is -0.122. The van der Waals surface area contributed by atoms with E-state index in [4.69, 9.17) is 4.74 Å². The van der Waals surface area contributed by atoms with Gasteiger partial charge in [-0.05, 0) is 56.0 Å². The molecule has 0 aromatic heterocycles. The predicted molar refractivity (Wildman–Crippen MR) is 110 cm³/mol. The summed E-state index contributed by atoms with van der Waals surface area (Å²) < 4.78 is 5.56. The molecule has 0 unspecified atom stereocenters. The van der Waals surface area contributed by atoms with E-state index in [1.54, 1.807) is 0 Å². The van der Waals surface area contributed by atoms with E-state index in [2.05, 4.69) is 16.0 Å². The molecule has 1 aliphatic heterocycles. The van der Waals surface area contributed by atoms with E-state index in [1.165, 1.54) is 0 Å². The molecular formula is C22H27N3O3. The second kappa shape index (κ2) is 9.90. The van der Waals surface area contributed by atoms with Crippen molar-refractivity contribution in [1.29, 1.82) is 0 Å². The minimum absolute atomic E-state index is 0.0347. The minimum Gasteiger partial charge on any atom is -0.378 e. The van der Waals surface area contributed by atoms with Crippen LogP contribution in [0.2, 0.25) is 0 Å². The van der Waals surface area contributed by atoms with Crippen LogP contribution in [0.5, 0.6) is 0 Å². The van der Waals surface area contributed by atoms with Gasteiger partial charge in [-0.2, -0.15) is 0 Å². The van der Waals surface area contributed by atoms with Crippen molar-refractivity contribution in [3.05, 3.63) is 60.2 Å². The average molecular weight is 381 g/mol. The third kappa shape index (κ3) is 6.09. The van der Waals surface area contributed by atoms with E-state index in [-0.39, 0.29) is 24.1 Å². The number of carbonyl (C=O) groups is 2. The molecular weight excluding hydrogens is 354 g/mol. The van der Waals surface area contributed by atoms with Crippen molar-refractivity contribution >= 4 is 23.3 Å². The predicted octanol–water partition coefficient (Wildman–Crippen LogP) is 4.47. The molecule has 2 aromatic rings. The molecule has 0 bridgehead atoms. The van der Waals surface area contributed by atoms with Crippen molar-refractivity contribution in [3.63, 3.8) is 0 Å². The molecule has 6 nitrogen and oxygen atoms in total. The van der Waals surface area contributed by atoms with Gasteiger partial charge in [0.25, 0.3) is 0 Å². The Balaban J connectivity index is 1.44. The first-order valence-electron chi connectivity index (χ1n) is 9.74. The molecule has 3 amide bonds. The summed E-state index contributed by atoms with van der Waals surface area (Å²) in [4.78, 5) is 24.2. The summed E-state index contributed by atoms with van der Waals surface area (Å²) >= 11 is 0. The van der Waals surface area contributed by atoms with Gasteiger partial charge < -0.3 is 20.7 Å². The maximum absolute atomic E-state index is 12.1. The van der Waals surface area contributed by atoms with Crippen molar-refractivity contribution < 1.29 is 14.3 Å². The zero-order valence-corrected chi connectivity index (χ0v) is 16.1. The molecule has 0 saturated carbocycles. The number of amides is 3. The van der Waals surface area contributed by atoms with Gasteiger partial charge in [-0.15, -0.1) is 0 Å². The maximum Gasteiger partial charge on any atom is 0.323 e. The van der Waals surface area contributed by atoms with Gasteiger partial charge in [-0.1, -0.05) is 30.3 Å². The van der Waals surface area contributed by atoms with Crippen LogP contribution in [0.1, 0.15) is 44.2 Å². The fraction of sp³-hybridized carbons (Fsp3) is 0.364. The molecule has 3 N–H and O–H groups in total. The van der Waals surface area contributed by atoms with Gasteiger partial charge in [0.1, 0.15) is 0 Å². The quantitative estimate of drug-likeness (QED) is 0.662. The van der Waals surface area contributed by atoms with Crippen LogP contribution in [0.4, 0.5) is 16.2 Å². The van der Waals surface area contributed by atoms with Gasteiger partial charge in [0.15, 0.2) is 0 Å². The molecule has 1 aliphatic rings. The summed E-state index contributed by atoms with van der Waals surface area (Å²) in [6.07, 6.45) is 3.63. The Morgan fingerprint density at radius 3 is 2.36 bits per heavy atom. The molecule has 0 aliphatic carbocycles. The normalized spacial score (nSPS) is 17.0. The highest BCUT2D eigenvalue weighted by Crippen LogP contribution is 2.19. The summed E-state index contributed by atoms with van der Waals surface area (Å²) in [5, 5.41) is 8.59. The molecule has 6 heteroatoms. The lowest BCUT2D eigenvalue weighted by atomic mass is 10.1. The third-order valence-corrected chi connectivity index (χ3v) is 4.80. The van der Waals surface area contributed by atoms with Gasteiger partial charge in [-0.3, -0.25) is 4.79 Å². The Morgan fingerprint density at radius 1 is 1.04 bits per heavy atom. The number of carbonyl (C=O) groups excluding carboxylic acids is 2. The van der Waals surface area contributed by atoms with Gasteiger partial charge in [0.05, 0.1) is 12.1 Å². The summed E-state index contributed by atoms with van der Waals surface area (Å²) in [6.45, 7) is 2.76. The van der Waals surface area contributed by atoms with Crippen LogP contribution in [0, 0.1) is 0 Å². The fourth-order valence-electron chi connectivity index (χ4n) is 3.23. The number of para-hydroxylation sites is 1. The van der Waals surface area contributed by atoms with E-state index in [9.17, 15) is 9.59 Å². The summed E-state index contributed by atoms with van der Waals surface area (Å²) in [7, 11) is 0. The summed E-state index contributed by atoms with van der Waals surface area (Å²) in [6, 6.07) is 16.3. The Kier molecular flexibility index (Phi) is 7.03. The highest BCUT2D eigenvalue weighted by Gasteiger charge is 2.17. The Hall–Kier alpha value is -2.86. The topological polar surface area (TPSA) is 79.5 Å². The first-order valence-corrected chi connectivity index (χ1v) is 9.74.